The molecule has 0 aromatic heterocycles. The molecule has 5 rings (SSSR count). The third-order valence-corrected chi connectivity index (χ3v) is 8.17. The molecule has 0 unspecified atom stereocenters. The maximum Gasteiger partial charge on any atom is 0.251 e. The number of amides is 1. The smallest absolute Gasteiger partial charge is 0.251 e. The van der Waals surface area contributed by atoms with Crippen LogP contribution < -0.4 is 5.32 Å². The number of nitrogens with one attached hydrogen (secondary N) is 1. The van der Waals surface area contributed by atoms with E-state index in [9.17, 15) is 18.0 Å². The van der Waals surface area contributed by atoms with E-state index < -0.39 is 9.84 Å². The summed E-state index contributed by atoms with van der Waals surface area (Å²) in [7, 11) is -3.90. The van der Waals surface area contributed by atoms with E-state index in [4.69, 9.17) is 0 Å². The van der Waals surface area contributed by atoms with E-state index in [0.717, 1.165) is 11.1 Å². The van der Waals surface area contributed by atoms with E-state index in [-0.39, 0.29) is 44.1 Å². The predicted octanol–water partition coefficient (Wildman–Crippen LogP) is 5.02. The van der Waals surface area contributed by atoms with E-state index in [1.54, 1.807) is 12.1 Å². The molecular weight excluding hydrogens is 458 g/mol. The molecule has 4 aromatic carbocycles. The minimum atomic E-state index is -3.90. The molecule has 1 amide bonds. The van der Waals surface area contributed by atoms with Crippen LogP contribution in [0.2, 0.25) is 0 Å². The van der Waals surface area contributed by atoms with Gasteiger partial charge in [0, 0.05) is 29.2 Å². The maximum atomic E-state index is 13.1. The Kier molecular flexibility index (Phi) is 6.05. The first-order valence-electron chi connectivity index (χ1n) is 11.4. The van der Waals surface area contributed by atoms with Crippen molar-refractivity contribution in [2.24, 2.45) is 0 Å². The van der Waals surface area contributed by atoms with Crippen LogP contribution in [-0.2, 0) is 9.84 Å². The lowest BCUT2D eigenvalue weighted by Crippen LogP contribution is -2.27. The molecule has 0 atom stereocenters. The van der Waals surface area contributed by atoms with Gasteiger partial charge in [-0.1, -0.05) is 72.8 Å². The highest BCUT2D eigenvalue weighted by Crippen LogP contribution is 2.35. The van der Waals surface area contributed by atoms with Crippen molar-refractivity contribution in [1.82, 2.24) is 5.32 Å². The Morgan fingerprint density at radius 2 is 1.29 bits per heavy atom. The minimum absolute atomic E-state index is 0.0244. The Bertz CT molecular complexity index is 1470. The van der Waals surface area contributed by atoms with Crippen molar-refractivity contribution < 1.29 is 18.0 Å². The van der Waals surface area contributed by atoms with Crippen LogP contribution in [0.3, 0.4) is 0 Å². The normalized spacial score (nSPS) is 13.7. The quantitative estimate of drug-likeness (QED) is 0.369. The lowest BCUT2D eigenvalue weighted by atomic mass is 9.88. The molecule has 0 radical (unpaired) electrons. The van der Waals surface area contributed by atoms with Gasteiger partial charge in [-0.3, -0.25) is 9.59 Å². The van der Waals surface area contributed by atoms with Gasteiger partial charge in [0.2, 0.25) is 9.84 Å². The van der Waals surface area contributed by atoms with Crippen LogP contribution in [0.5, 0.6) is 0 Å². The monoisotopic (exact) mass is 481 g/mol. The molecule has 174 valence electrons. The Hall–Kier alpha value is -4.03. The molecule has 4 aromatic rings. The zero-order valence-electron chi connectivity index (χ0n) is 18.8. The average molecular weight is 482 g/mol. The SMILES string of the molecule is O=C(NCCC(c1ccccc1)c1ccccc1)c1ccc2c(c1)S(=O)(=O)c1ccccc1C2=O. The van der Waals surface area contributed by atoms with Crippen molar-refractivity contribution in [2.45, 2.75) is 22.1 Å². The van der Waals surface area contributed by atoms with Crippen molar-refractivity contribution in [1.29, 1.82) is 0 Å². The highest BCUT2D eigenvalue weighted by atomic mass is 32.2. The van der Waals surface area contributed by atoms with Gasteiger partial charge in [0.15, 0.2) is 5.78 Å². The molecule has 0 spiro atoms. The van der Waals surface area contributed by atoms with Gasteiger partial charge in [-0.25, -0.2) is 8.42 Å². The molecule has 35 heavy (non-hydrogen) atoms. The maximum absolute atomic E-state index is 13.1. The molecule has 0 fully saturated rings. The molecule has 0 bridgehead atoms. The van der Waals surface area contributed by atoms with E-state index >= 15 is 0 Å². The molecule has 5 nitrogen and oxygen atoms in total. The minimum Gasteiger partial charge on any atom is -0.352 e. The lowest BCUT2D eigenvalue weighted by Gasteiger charge is -2.20. The van der Waals surface area contributed by atoms with E-state index in [0.29, 0.717) is 13.0 Å². The van der Waals surface area contributed by atoms with Crippen LogP contribution >= 0.6 is 0 Å². The number of hydrogen-bond acceptors (Lipinski definition) is 4. The summed E-state index contributed by atoms with van der Waals surface area (Å²) in [4.78, 5) is 25.6. The van der Waals surface area contributed by atoms with Gasteiger partial charge >= 0.3 is 0 Å². The molecule has 6 heteroatoms. The van der Waals surface area contributed by atoms with Crippen molar-refractivity contribution in [3.05, 3.63) is 131 Å². The topological polar surface area (TPSA) is 80.3 Å². The summed E-state index contributed by atoms with van der Waals surface area (Å²) in [5, 5.41) is 2.91. The number of ketones is 1. The molecule has 1 N–H and O–H groups in total. The zero-order valence-corrected chi connectivity index (χ0v) is 19.7. The summed E-state index contributed by atoms with van der Waals surface area (Å²) in [6.07, 6.45) is 0.675. The average Bonchev–Trinajstić information content (AvgIpc) is 2.90. The first kappa shape index (κ1) is 22.7. The summed E-state index contributed by atoms with van der Waals surface area (Å²) in [6, 6.07) is 30.6. The third-order valence-electron chi connectivity index (χ3n) is 6.32. The van der Waals surface area contributed by atoms with Gasteiger partial charge in [-0.05, 0) is 47.9 Å². The highest BCUT2D eigenvalue weighted by molar-refractivity contribution is 7.91. The number of rotatable bonds is 6. The van der Waals surface area contributed by atoms with E-state index in [1.165, 1.54) is 30.3 Å². The Labute approximate surface area is 204 Å². The predicted molar refractivity (Wildman–Crippen MR) is 133 cm³/mol. The van der Waals surface area contributed by atoms with Gasteiger partial charge in [0.25, 0.3) is 5.91 Å². The second-order valence-corrected chi connectivity index (χ2v) is 10.3. The van der Waals surface area contributed by atoms with Crippen LogP contribution in [-0.4, -0.2) is 26.7 Å². The van der Waals surface area contributed by atoms with Crippen LogP contribution in [0.4, 0.5) is 0 Å². The summed E-state index contributed by atoms with van der Waals surface area (Å²) < 4.78 is 26.3. The number of hydrogen-bond donors (Lipinski definition) is 1. The van der Waals surface area contributed by atoms with E-state index in [1.807, 2.05) is 36.4 Å². The fourth-order valence-electron chi connectivity index (χ4n) is 4.55. The summed E-state index contributed by atoms with van der Waals surface area (Å²) in [5.41, 5.74) is 2.77. The molecule has 0 saturated carbocycles. The number of benzene rings is 4. The third kappa shape index (κ3) is 4.29. The van der Waals surface area contributed by atoms with Crippen LogP contribution in [0.15, 0.2) is 113 Å². The summed E-state index contributed by atoms with van der Waals surface area (Å²) in [5.74, 6) is -0.629. The van der Waals surface area contributed by atoms with Crippen LogP contribution in [0.1, 0.15) is 49.7 Å². The molecule has 1 heterocycles. The summed E-state index contributed by atoms with van der Waals surface area (Å²) in [6.45, 7) is 0.402. The standard InChI is InChI=1S/C29H23NO4S/c31-28-24-13-7-8-14-26(24)35(33,34)27-19-22(15-16-25(27)28)29(32)30-18-17-23(20-9-3-1-4-10-20)21-11-5-2-6-12-21/h1-16,19,23H,17-18H2,(H,30,32). The van der Waals surface area contributed by atoms with Crippen molar-refractivity contribution in [2.75, 3.05) is 6.54 Å². The first-order valence-corrected chi connectivity index (χ1v) is 12.9. The van der Waals surface area contributed by atoms with Gasteiger partial charge < -0.3 is 5.32 Å². The van der Waals surface area contributed by atoms with Gasteiger partial charge in [-0.2, -0.15) is 0 Å². The zero-order chi connectivity index (χ0) is 24.4. The Morgan fingerprint density at radius 1 is 0.714 bits per heavy atom. The van der Waals surface area contributed by atoms with Gasteiger partial charge in [0.1, 0.15) is 0 Å². The number of fused-ring (bicyclic) bond motifs is 2. The molecule has 1 aliphatic heterocycles. The number of carbonyl (C=O) groups excluding carboxylic acids is 2. The first-order chi connectivity index (χ1) is 17.0. The van der Waals surface area contributed by atoms with Gasteiger partial charge in [0.05, 0.1) is 9.79 Å². The molecular formula is C29H23NO4S. The second kappa shape index (κ2) is 9.31. The molecule has 1 aliphatic rings. The lowest BCUT2D eigenvalue weighted by molar-refractivity contribution is 0.0950. The largest absolute Gasteiger partial charge is 0.352 e. The van der Waals surface area contributed by atoms with Crippen LogP contribution in [0.25, 0.3) is 0 Å². The fourth-order valence-corrected chi connectivity index (χ4v) is 6.23. The highest BCUT2D eigenvalue weighted by Gasteiger charge is 2.35. The second-order valence-electron chi connectivity index (χ2n) is 8.46. The molecule has 0 aliphatic carbocycles. The van der Waals surface area contributed by atoms with Crippen molar-refractivity contribution in [3.8, 4) is 0 Å². The Balaban J connectivity index is 1.36. The van der Waals surface area contributed by atoms with Crippen molar-refractivity contribution >= 4 is 21.5 Å². The molecule has 0 saturated heterocycles. The summed E-state index contributed by atoms with van der Waals surface area (Å²) >= 11 is 0. The Morgan fingerprint density at radius 3 is 1.94 bits per heavy atom. The number of carbonyl (C=O) groups is 2. The number of sulfone groups is 1. The van der Waals surface area contributed by atoms with Crippen LogP contribution in [0, 0.1) is 0 Å². The van der Waals surface area contributed by atoms with E-state index in [2.05, 4.69) is 29.6 Å². The fraction of sp³-hybridized carbons (Fsp3) is 0.103. The van der Waals surface area contributed by atoms with Crippen molar-refractivity contribution in [3.63, 3.8) is 0 Å². The van der Waals surface area contributed by atoms with Gasteiger partial charge in [-0.15, -0.1) is 0 Å².